The van der Waals surface area contributed by atoms with E-state index in [-0.39, 0.29) is 11.1 Å². The van der Waals surface area contributed by atoms with Crippen molar-refractivity contribution in [3.63, 3.8) is 0 Å². The molecular formula is C8H7O4-. The number of aromatic hydroxyl groups is 1. The van der Waals surface area contributed by atoms with Crippen molar-refractivity contribution in [3.05, 3.63) is 23.3 Å². The van der Waals surface area contributed by atoms with Crippen LogP contribution < -0.4 is 5.11 Å². The van der Waals surface area contributed by atoms with Gasteiger partial charge < -0.3 is 15.3 Å². The molecular weight excluding hydrogens is 160 g/mol. The van der Waals surface area contributed by atoms with Crippen LogP contribution >= 0.6 is 0 Å². The molecule has 0 radical (unpaired) electrons. The molecule has 4 nitrogen and oxygen atoms in total. The maximum atomic E-state index is 11.0. The van der Waals surface area contributed by atoms with Crippen molar-refractivity contribution in [2.24, 2.45) is 0 Å². The van der Waals surface area contributed by atoms with Gasteiger partial charge in [-0.25, -0.2) is 4.79 Å². The predicted molar refractivity (Wildman–Crippen MR) is 39.2 cm³/mol. The molecule has 0 saturated carbocycles. The van der Waals surface area contributed by atoms with Crippen LogP contribution in [0.5, 0.6) is 11.5 Å². The van der Waals surface area contributed by atoms with Gasteiger partial charge in [0.25, 0.3) is 0 Å². The van der Waals surface area contributed by atoms with Crippen molar-refractivity contribution in [2.75, 3.05) is 0 Å². The van der Waals surface area contributed by atoms with Crippen molar-refractivity contribution in [1.82, 2.24) is 0 Å². The van der Waals surface area contributed by atoms with Gasteiger partial charge in [-0.05, 0) is 24.6 Å². The summed E-state index contributed by atoms with van der Waals surface area (Å²) in [7, 11) is 0. The molecule has 0 unspecified atom stereocenters. The molecule has 0 amide bonds. The summed E-state index contributed by atoms with van der Waals surface area (Å²) in [6, 6.07) is 2.28. The van der Waals surface area contributed by atoms with Crippen molar-refractivity contribution in [3.8, 4) is 11.5 Å². The van der Waals surface area contributed by atoms with Gasteiger partial charge in [-0.3, -0.25) is 0 Å². The van der Waals surface area contributed by atoms with Crippen LogP contribution in [0.15, 0.2) is 12.1 Å². The number of hydrogen-bond acceptors (Lipinski definition) is 3. The van der Waals surface area contributed by atoms with E-state index in [1.54, 1.807) is 0 Å². The molecule has 1 rings (SSSR count). The van der Waals surface area contributed by atoms with Gasteiger partial charge in [0.15, 0.2) is 0 Å². The lowest BCUT2D eigenvalue weighted by atomic mass is 10.1. The molecule has 1 aromatic rings. The van der Waals surface area contributed by atoms with Crippen LogP contribution in [-0.4, -0.2) is 16.2 Å². The molecule has 0 bridgehead atoms. The Morgan fingerprint density at radius 1 is 1.50 bits per heavy atom. The lowest BCUT2D eigenvalue weighted by Gasteiger charge is -2.13. The smallest absolute Gasteiger partial charge is 0.335 e. The minimum Gasteiger partial charge on any atom is -0.870 e. The Bertz CT molecular complexity index is 330. The number of phenols is 1. The number of carboxylic acids is 1. The first-order valence-electron chi connectivity index (χ1n) is 3.27. The summed E-state index contributed by atoms with van der Waals surface area (Å²) in [5, 5.41) is 28.4. The van der Waals surface area contributed by atoms with Gasteiger partial charge in [0.2, 0.25) is 0 Å². The SMILES string of the molecule is Cc1c(C(=O)O)ccc(O)c1[O-]. The minimum absolute atomic E-state index is 0.0579. The second-order valence-corrected chi connectivity index (χ2v) is 2.39. The molecule has 0 aliphatic heterocycles. The molecule has 64 valence electrons. The zero-order valence-electron chi connectivity index (χ0n) is 6.37. The normalized spacial score (nSPS) is 9.75. The van der Waals surface area contributed by atoms with E-state index in [1.165, 1.54) is 13.0 Å². The van der Waals surface area contributed by atoms with Crippen LogP contribution in [-0.2, 0) is 0 Å². The fourth-order valence-electron chi connectivity index (χ4n) is 0.909. The predicted octanol–water partition coefficient (Wildman–Crippen LogP) is 0.472. The van der Waals surface area contributed by atoms with Crippen molar-refractivity contribution in [2.45, 2.75) is 6.92 Å². The molecule has 0 atom stereocenters. The quantitative estimate of drug-likeness (QED) is 0.637. The molecule has 1 aromatic carbocycles. The average molecular weight is 167 g/mol. The first-order chi connectivity index (χ1) is 5.54. The van der Waals surface area contributed by atoms with E-state index in [0.717, 1.165) is 6.07 Å². The Kier molecular flexibility index (Phi) is 1.91. The van der Waals surface area contributed by atoms with Crippen molar-refractivity contribution >= 4 is 5.97 Å². The Labute approximate surface area is 68.7 Å². The minimum atomic E-state index is -1.16. The van der Waals surface area contributed by atoms with Crippen LogP contribution in [0.4, 0.5) is 0 Å². The fraction of sp³-hybridized carbons (Fsp3) is 0.125. The topological polar surface area (TPSA) is 80.6 Å². The molecule has 0 aliphatic rings. The summed E-state index contributed by atoms with van der Waals surface area (Å²) in [6.07, 6.45) is 0. The highest BCUT2D eigenvalue weighted by Crippen LogP contribution is 2.27. The largest absolute Gasteiger partial charge is 0.870 e. The molecule has 12 heavy (non-hydrogen) atoms. The molecule has 0 aromatic heterocycles. The van der Waals surface area contributed by atoms with Gasteiger partial charge in [0, 0.05) is 0 Å². The van der Waals surface area contributed by atoms with Crippen molar-refractivity contribution < 1.29 is 20.1 Å². The van der Waals surface area contributed by atoms with Crippen LogP contribution in [0.3, 0.4) is 0 Å². The summed E-state index contributed by atoms with van der Waals surface area (Å²) < 4.78 is 0. The highest BCUT2D eigenvalue weighted by atomic mass is 16.4. The second kappa shape index (κ2) is 2.73. The molecule has 0 saturated heterocycles. The maximum Gasteiger partial charge on any atom is 0.335 e. The van der Waals surface area contributed by atoms with Crippen molar-refractivity contribution in [1.29, 1.82) is 0 Å². The molecule has 4 heteroatoms. The van der Waals surface area contributed by atoms with Crippen LogP contribution in [0.25, 0.3) is 0 Å². The maximum absolute atomic E-state index is 11.0. The van der Waals surface area contributed by atoms with Gasteiger partial charge in [0.05, 0.1) is 5.56 Å². The summed E-state index contributed by atoms with van der Waals surface area (Å²) in [4.78, 5) is 10.5. The monoisotopic (exact) mass is 167 g/mol. The lowest BCUT2D eigenvalue weighted by Crippen LogP contribution is -2.03. The van der Waals surface area contributed by atoms with Gasteiger partial charge in [-0.1, -0.05) is 5.75 Å². The molecule has 0 aliphatic carbocycles. The number of carboxylic acid groups (broad SMARTS) is 1. The number of aromatic carboxylic acids is 1. The molecule has 0 heterocycles. The summed E-state index contributed by atoms with van der Waals surface area (Å²) in [6.45, 7) is 1.37. The van der Waals surface area contributed by atoms with Gasteiger partial charge in [-0.15, -0.1) is 0 Å². The number of carbonyl (C=O) groups is 1. The molecule has 0 fully saturated rings. The first kappa shape index (κ1) is 8.39. The lowest BCUT2D eigenvalue weighted by molar-refractivity contribution is -0.271. The second-order valence-electron chi connectivity index (χ2n) is 2.39. The first-order valence-corrected chi connectivity index (χ1v) is 3.27. The van der Waals surface area contributed by atoms with E-state index in [9.17, 15) is 9.90 Å². The molecule has 2 N–H and O–H groups in total. The molecule has 0 spiro atoms. The number of benzene rings is 1. The zero-order valence-corrected chi connectivity index (χ0v) is 6.37. The Hall–Kier alpha value is -1.71. The van der Waals surface area contributed by atoms with E-state index in [0.29, 0.717) is 0 Å². The summed E-state index contributed by atoms with van der Waals surface area (Å²) in [5.41, 5.74) is -0.0136. The number of phenolic OH excluding ortho intramolecular Hbond substituents is 1. The van der Waals surface area contributed by atoms with Crippen LogP contribution in [0.1, 0.15) is 15.9 Å². The number of hydrogen-bond donors (Lipinski definition) is 2. The van der Waals surface area contributed by atoms with Gasteiger partial charge in [-0.2, -0.15) is 0 Å². The van der Waals surface area contributed by atoms with E-state index in [1.807, 2.05) is 0 Å². The average Bonchev–Trinajstić information content (AvgIpc) is 2.00. The highest BCUT2D eigenvalue weighted by Gasteiger charge is 2.07. The number of rotatable bonds is 1. The van der Waals surface area contributed by atoms with Crippen LogP contribution in [0.2, 0.25) is 0 Å². The van der Waals surface area contributed by atoms with E-state index < -0.39 is 17.5 Å². The van der Waals surface area contributed by atoms with E-state index in [4.69, 9.17) is 10.2 Å². The third kappa shape index (κ3) is 1.18. The van der Waals surface area contributed by atoms with Crippen LogP contribution in [0, 0.1) is 6.92 Å². The highest BCUT2D eigenvalue weighted by molar-refractivity contribution is 5.90. The Morgan fingerprint density at radius 3 is 2.58 bits per heavy atom. The summed E-state index contributed by atoms with van der Waals surface area (Å²) >= 11 is 0. The Morgan fingerprint density at radius 2 is 2.08 bits per heavy atom. The Balaban J connectivity index is 3.36. The van der Waals surface area contributed by atoms with Gasteiger partial charge in [0.1, 0.15) is 5.75 Å². The third-order valence-electron chi connectivity index (χ3n) is 1.62. The van der Waals surface area contributed by atoms with Gasteiger partial charge >= 0.3 is 5.97 Å². The van der Waals surface area contributed by atoms with E-state index >= 15 is 0 Å². The van der Waals surface area contributed by atoms with E-state index in [2.05, 4.69) is 0 Å². The fourth-order valence-corrected chi connectivity index (χ4v) is 0.909. The zero-order chi connectivity index (χ0) is 9.30. The summed E-state index contributed by atoms with van der Waals surface area (Å²) in [5.74, 6) is -2.21. The third-order valence-corrected chi connectivity index (χ3v) is 1.62. The standard InChI is InChI=1S/C8H8O4/c1-4-5(8(11)12)2-3-6(9)7(4)10/h2-3,9-10H,1H3,(H,11,12)/p-1.